The van der Waals surface area contributed by atoms with Gasteiger partial charge in [-0.3, -0.25) is 0 Å². The molecule has 0 N–H and O–H groups in total. The molecule has 0 aliphatic heterocycles. The van der Waals surface area contributed by atoms with Crippen LogP contribution in [0.3, 0.4) is 0 Å². The van der Waals surface area contributed by atoms with E-state index in [0.717, 1.165) is 41.4 Å². The summed E-state index contributed by atoms with van der Waals surface area (Å²) in [7, 11) is 0. The molecule has 0 nitrogen and oxygen atoms in total. The summed E-state index contributed by atoms with van der Waals surface area (Å²) in [5, 5.41) is 0. The SMILES string of the molecule is CCCCC1C(C)CC2CCCC2C1C1CCCC(CC)C1. The molecule has 7 atom stereocenters. The molecule has 0 radical (unpaired) electrons. The van der Waals surface area contributed by atoms with E-state index in [-0.39, 0.29) is 0 Å². The van der Waals surface area contributed by atoms with Crippen LogP contribution in [0, 0.1) is 41.4 Å². The second kappa shape index (κ2) is 7.71. The zero-order chi connectivity index (χ0) is 15.5. The van der Waals surface area contributed by atoms with Crippen LogP contribution >= 0.6 is 0 Å². The van der Waals surface area contributed by atoms with Gasteiger partial charge in [0.2, 0.25) is 0 Å². The van der Waals surface area contributed by atoms with Crippen LogP contribution in [0.4, 0.5) is 0 Å². The third kappa shape index (κ3) is 3.41. The van der Waals surface area contributed by atoms with E-state index in [4.69, 9.17) is 0 Å². The average Bonchev–Trinajstić information content (AvgIpc) is 3.00. The predicted octanol–water partition coefficient (Wildman–Crippen LogP) is 7.08. The van der Waals surface area contributed by atoms with Crippen LogP contribution in [-0.4, -0.2) is 0 Å². The zero-order valence-electron chi connectivity index (χ0n) is 15.5. The van der Waals surface area contributed by atoms with Crippen molar-refractivity contribution in [3.8, 4) is 0 Å². The predicted molar refractivity (Wildman–Crippen MR) is 96.9 cm³/mol. The minimum atomic E-state index is 1.01. The van der Waals surface area contributed by atoms with Gasteiger partial charge in [0.1, 0.15) is 0 Å². The van der Waals surface area contributed by atoms with Gasteiger partial charge in [0, 0.05) is 0 Å². The van der Waals surface area contributed by atoms with Gasteiger partial charge in [0.15, 0.2) is 0 Å². The zero-order valence-corrected chi connectivity index (χ0v) is 15.5. The number of rotatable bonds is 5. The van der Waals surface area contributed by atoms with Crippen LogP contribution in [0.1, 0.15) is 97.8 Å². The average molecular weight is 305 g/mol. The van der Waals surface area contributed by atoms with Crippen molar-refractivity contribution >= 4 is 0 Å². The van der Waals surface area contributed by atoms with Gasteiger partial charge in [-0.2, -0.15) is 0 Å². The first-order chi connectivity index (χ1) is 10.7. The maximum atomic E-state index is 2.61. The molecule has 3 aliphatic carbocycles. The smallest absolute Gasteiger partial charge is 0.0324 e. The van der Waals surface area contributed by atoms with Crippen LogP contribution < -0.4 is 0 Å². The number of hydrogen-bond acceptors (Lipinski definition) is 0. The molecule has 0 amide bonds. The van der Waals surface area contributed by atoms with E-state index < -0.39 is 0 Å². The molecule has 0 spiro atoms. The lowest BCUT2D eigenvalue weighted by molar-refractivity contribution is -0.00540. The first-order valence-electron chi connectivity index (χ1n) is 10.7. The van der Waals surface area contributed by atoms with Crippen molar-refractivity contribution in [1.29, 1.82) is 0 Å². The third-order valence-corrected chi connectivity index (χ3v) is 7.95. The fourth-order valence-electron chi connectivity index (χ4n) is 6.88. The van der Waals surface area contributed by atoms with E-state index in [9.17, 15) is 0 Å². The van der Waals surface area contributed by atoms with Gasteiger partial charge in [0.05, 0.1) is 0 Å². The Morgan fingerprint density at radius 3 is 2.41 bits per heavy atom. The van der Waals surface area contributed by atoms with Crippen molar-refractivity contribution in [1.82, 2.24) is 0 Å². The molecule has 0 heteroatoms. The Hall–Kier alpha value is 0. The van der Waals surface area contributed by atoms with Gasteiger partial charge in [0.25, 0.3) is 0 Å². The van der Waals surface area contributed by atoms with E-state index in [2.05, 4.69) is 20.8 Å². The molecule has 0 bridgehead atoms. The molecule has 0 aromatic heterocycles. The summed E-state index contributed by atoms with van der Waals surface area (Å²) in [4.78, 5) is 0. The minimum Gasteiger partial charge on any atom is -0.0654 e. The number of fused-ring (bicyclic) bond motifs is 1. The minimum absolute atomic E-state index is 1.01. The summed E-state index contributed by atoms with van der Waals surface area (Å²) in [6.07, 6.45) is 18.3. The van der Waals surface area contributed by atoms with E-state index in [1.807, 2.05) is 0 Å². The molecule has 22 heavy (non-hydrogen) atoms. The Morgan fingerprint density at radius 2 is 1.64 bits per heavy atom. The van der Waals surface area contributed by atoms with Gasteiger partial charge in [-0.05, 0) is 67.1 Å². The van der Waals surface area contributed by atoms with E-state index >= 15 is 0 Å². The van der Waals surface area contributed by atoms with Crippen molar-refractivity contribution in [2.24, 2.45) is 41.4 Å². The second-order valence-electron chi connectivity index (χ2n) is 9.15. The molecule has 3 saturated carbocycles. The lowest BCUT2D eigenvalue weighted by Gasteiger charge is -2.50. The Labute approximate surface area is 139 Å². The molecule has 0 saturated heterocycles. The van der Waals surface area contributed by atoms with Crippen molar-refractivity contribution in [3.63, 3.8) is 0 Å². The van der Waals surface area contributed by atoms with Crippen LogP contribution in [0.25, 0.3) is 0 Å². The van der Waals surface area contributed by atoms with Gasteiger partial charge in [-0.25, -0.2) is 0 Å². The maximum Gasteiger partial charge on any atom is -0.0324 e. The first kappa shape index (κ1) is 16.8. The lowest BCUT2D eigenvalue weighted by atomic mass is 9.56. The molecule has 7 unspecified atom stereocenters. The van der Waals surface area contributed by atoms with Crippen LogP contribution in [-0.2, 0) is 0 Å². The topological polar surface area (TPSA) is 0 Å². The van der Waals surface area contributed by atoms with Gasteiger partial charge in [-0.15, -0.1) is 0 Å². The van der Waals surface area contributed by atoms with E-state index in [1.165, 1.54) is 32.1 Å². The van der Waals surface area contributed by atoms with Crippen LogP contribution in [0.15, 0.2) is 0 Å². The Morgan fingerprint density at radius 1 is 0.864 bits per heavy atom. The molecule has 0 aromatic carbocycles. The summed E-state index contributed by atoms with van der Waals surface area (Å²) in [6.45, 7) is 7.43. The standard InChI is InChI=1S/C22H40/c1-4-6-12-20-16(3)14-18-10-8-13-21(18)22(20)19-11-7-9-17(5-2)15-19/h16-22H,4-15H2,1-3H3. The van der Waals surface area contributed by atoms with E-state index in [0.29, 0.717) is 0 Å². The molecule has 3 rings (SSSR count). The van der Waals surface area contributed by atoms with Crippen molar-refractivity contribution in [2.45, 2.75) is 97.8 Å². The molecule has 0 aromatic rings. The van der Waals surface area contributed by atoms with Gasteiger partial charge >= 0.3 is 0 Å². The van der Waals surface area contributed by atoms with Crippen molar-refractivity contribution in [3.05, 3.63) is 0 Å². The lowest BCUT2D eigenvalue weighted by Crippen LogP contribution is -2.42. The van der Waals surface area contributed by atoms with Crippen LogP contribution in [0.5, 0.6) is 0 Å². The molecule has 128 valence electrons. The summed E-state index contributed by atoms with van der Waals surface area (Å²) >= 11 is 0. The molecular formula is C22H40. The summed E-state index contributed by atoms with van der Waals surface area (Å²) < 4.78 is 0. The Bertz CT molecular complexity index is 333. The summed E-state index contributed by atoms with van der Waals surface area (Å²) in [5.74, 6) is 7.57. The Balaban J connectivity index is 1.77. The maximum absolute atomic E-state index is 2.61. The Kier molecular flexibility index (Phi) is 5.91. The molecular weight excluding hydrogens is 264 g/mol. The fourth-order valence-corrected chi connectivity index (χ4v) is 6.88. The summed E-state index contributed by atoms with van der Waals surface area (Å²) in [5.41, 5.74) is 0. The quantitative estimate of drug-likeness (QED) is 0.509. The molecule has 0 heterocycles. The summed E-state index contributed by atoms with van der Waals surface area (Å²) in [6, 6.07) is 0. The van der Waals surface area contributed by atoms with Crippen molar-refractivity contribution in [2.75, 3.05) is 0 Å². The number of unbranched alkanes of at least 4 members (excludes halogenated alkanes) is 1. The molecule has 3 fully saturated rings. The third-order valence-electron chi connectivity index (χ3n) is 7.95. The highest BCUT2D eigenvalue weighted by molar-refractivity contribution is 4.97. The fraction of sp³-hybridized carbons (Fsp3) is 1.00. The van der Waals surface area contributed by atoms with Gasteiger partial charge < -0.3 is 0 Å². The largest absolute Gasteiger partial charge is 0.0654 e. The number of hydrogen-bond donors (Lipinski definition) is 0. The normalized spacial score (nSPS) is 45.7. The van der Waals surface area contributed by atoms with Crippen molar-refractivity contribution < 1.29 is 0 Å². The van der Waals surface area contributed by atoms with Crippen LogP contribution in [0.2, 0.25) is 0 Å². The second-order valence-corrected chi connectivity index (χ2v) is 9.15. The molecule has 3 aliphatic rings. The highest BCUT2D eigenvalue weighted by Gasteiger charge is 2.47. The van der Waals surface area contributed by atoms with Gasteiger partial charge in [-0.1, -0.05) is 72.1 Å². The monoisotopic (exact) mass is 304 g/mol. The van der Waals surface area contributed by atoms with E-state index in [1.54, 1.807) is 44.9 Å². The highest BCUT2D eigenvalue weighted by atomic mass is 14.5. The first-order valence-corrected chi connectivity index (χ1v) is 10.7. The highest BCUT2D eigenvalue weighted by Crippen LogP contribution is 2.56.